The van der Waals surface area contributed by atoms with E-state index in [-0.39, 0.29) is 23.3 Å². The molecule has 1 saturated heterocycles. The van der Waals surface area contributed by atoms with E-state index in [9.17, 15) is 8.78 Å². The van der Waals surface area contributed by atoms with Crippen LogP contribution in [0.2, 0.25) is 5.02 Å². The Morgan fingerprint density at radius 3 is 2.71 bits per heavy atom. The first-order valence-electron chi connectivity index (χ1n) is 13.5. The zero-order valence-electron chi connectivity index (χ0n) is 22.8. The summed E-state index contributed by atoms with van der Waals surface area (Å²) in [6, 6.07) is 6.10. The third-order valence-electron chi connectivity index (χ3n) is 7.69. The van der Waals surface area contributed by atoms with Gasteiger partial charge >= 0.3 is 0 Å². The summed E-state index contributed by atoms with van der Waals surface area (Å²) in [7, 11) is 0. The van der Waals surface area contributed by atoms with Gasteiger partial charge in [-0.3, -0.25) is 9.88 Å². The molecular weight excluding hydrogens is 552 g/mol. The van der Waals surface area contributed by atoms with E-state index in [2.05, 4.69) is 19.6 Å². The van der Waals surface area contributed by atoms with Crippen molar-refractivity contribution < 1.29 is 18.3 Å². The minimum absolute atomic E-state index is 0.00288. The smallest absolute Gasteiger partial charge is 0.216 e. The van der Waals surface area contributed by atoms with Gasteiger partial charge in [-0.15, -0.1) is 0 Å². The molecule has 5 heterocycles. The van der Waals surface area contributed by atoms with Gasteiger partial charge in [-0.05, 0) is 56.5 Å². The van der Waals surface area contributed by atoms with Crippen LogP contribution in [0.1, 0.15) is 47.2 Å². The van der Waals surface area contributed by atoms with Gasteiger partial charge in [0.1, 0.15) is 24.1 Å². The number of hydrogen-bond donors (Lipinski definition) is 1. The average Bonchev–Trinajstić information content (AvgIpc) is 3.25. The van der Waals surface area contributed by atoms with Crippen LogP contribution in [0.3, 0.4) is 0 Å². The number of nitrogens with two attached hydrogens (primary N) is 1. The van der Waals surface area contributed by atoms with Crippen molar-refractivity contribution in [3.63, 3.8) is 0 Å². The average molecular weight is 582 g/mol. The van der Waals surface area contributed by atoms with Gasteiger partial charge in [-0.25, -0.2) is 18.7 Å². The standard InChI is InChI=1S/C29H30ClF2N7O2/c1-16-7-18-3-5-38(13-26(18)36-29(16)41-15-21-22(31)8-19(30)9-23(21)32)14-28-35-25-10-24(17(2)37-33)34-11-27(25)39(28)12-20-4-6-40-20/h7-11,20H,3-6,12-15,33H2,1-2H3/b37-17+/t20-/m0/s1. The third-order valence-corrected chi connectivity index (χ3v) is 7.91. The predicted octanol–water partition coefficient (Wildman–Crippen LogP) is 4.68. The maximum Gasteiger partial charge on any atom is 0.216 e. The Morgan fingerprint density at radius 1 is 1.22 bits per heavy atom. The van der Waals surface area contributed by atoms with Gasteiger partial charge in [-0.1, -0.05) is 11.6 Å². The highest BCUT2D eigenvalue weighted by Crippen LogP contribution is 2.28. The van der Waals surface area contributed by atoms with Crippen molar-refractivity contribution >= 4 is 28.3 Å². The van der Waals surface area contributed by atoms with E-state index in [1.165, 1.54) is 0 Å². The minimum atomic E-state index is -0.750. The summed E-state index contributed by atoms with van der Waals surface area (Å²) in [5.41, 5.74) is 5.73. The summed E-state index contributed by atoms with van der Waals surface area (Å²) in [6.45, 7) is 6.91. The van der Waals surface area contributed by atoms with Crippen LogP contribution in [-0.4, -0.2) is 49.4 Å². The Kier molecular flexibility index (Phi) is 7.58. The lowest BCUT2D eigenvalue weighted by Gasteiger charge is -2.30. The first-order valence-corrected chi connectivity index (χ1v) is 13.9. The number of halogens is 3. The fourth-order valence-corrected chi connectivity index (χ4v) is 5.43. The second-order valence-electron chi connectivity index (χ2n) is 10.5. The first-order chi connectivity index (χ1) is 19.8. The monoisotopic (exact) mass is 581 g/mol. The lowest BCUT2D eigenvalue weighted by Crippen LogP contribution is -2.34. The number of pyridine rings is 2. The van der Waals surface area contributed by atoms with E-state index in [0.717, 1.165) is 71.8 Å². The van der Waals surface area contributed by atoms with Crippen molar-refractivity contribution in [2.75, 3.05) is 13.2 Å². The normalized spacial score (nSPS) is 17.5. The highest BCUT2D eigenvalue weighted by atomic mass is 35.5. The number of rotatable bonds is 8. The van der Waals surface area contributed by atoms with E-state index in [1.807, 2.05) is 32.2 Å². The van der Waals surface area contributed by atoms with Crippen LogP contribution >= 0.6 is 11.6 Å². The van der Waals surface area contributed by atoms with Crippen molar-refractivity contribution in [1.82, 2.24) is 24.4 Å². The Morgan fingerprint density at radius 2 is 2.00 bits per heavy atom. The predicted molar refractivity (Wildman–Crippen MR) is 151 cm³/mol. The van der Waals surface area contributed by atoms with Gasteiger partial charge in [0.15, 0.2) is 0 Å². The number of nitrogens with zero attached hydrogens (tertiary/aromatic N) is 6. The minimum Gasteiger partial charge on any atom is -0.472 e. The Labute approximate surface area is 240 Å². The van der Waals surface area contributed by atoms with Gasteiger partial charge in [0.05, 0.1) is 59.1 Å². The van der Waals surface area contributed by atoms with Gasteiger partial charge in [-0.2, -0.15) is 5.10 Å². The van der Waals surface area contributed by atoms with E-state index in [1.54, 1.807) is 0 Å². The van der Waals surface area contributed by atoms with Crippen molar-refractivity contribution in [2.24, 2.45) is 10.9 Å². The molecule has 3 aromatic heterocycles. The molecule has 2 aliphatic heterocycles. The Hall–Kier alpha value is -3.67. The van der Waals surface area contributed by atoms with Gasteiger partial charge in [0.2, 0.25) is 5.88 Å². The summed E-state index contributed by atoms with van der Waals surface area (Å²) < 4.78 is 42.3. The van der Waals surface area contributed by atoms with Crippen molar-refractivity contribution in [3.8, 4) is 5.88 Å². The number of hydrazone groups is 1. The topological polar surface area (TPSA) is 104 Å². The summed E-state index contributed by atoms with van der Waals surface area (Å²) in [5.74, 6) is 5.24. The van der Waals surface area contributed by atoms with E-state index in [0.29, 0.717) is 36.9 Å². The van der Waals surface area contributed by atoms with Crippen LogP contribution in [0.15, 0.2) is 35.6 Å². The molecule has 2 aliphatic rings. The number of aromatic nitrogens is 4. The SMILES string of the molecule is C/C(=N\N)c1cc2nc(CN3CCc4cc(C)c(OCc5c(F)cc(Cl)cc5F)nc4C3)n(C[C@@H]3CCO3)c2cn1. The van der Waals surface area contributed by atoms with Crippen molar-refractivity contribution in [2.45, 2.75) is 59.0 Å². The van der Waals surface area contributed by atoms with Crippen LogP contribution in [0.25, 0.3) is 11.0 Å². The van der Waals surface area contributed by atoms with Crippen molar-refractivity contribution in [1.29, 1.82) is 0 Å². The first kappa shape index (κ1) is 27.5. The molecule has 0 bridgehead atoms. The Balaban J connectivity index is 1.23. The van der Waals surface area contributed by atoms with Crippen LogP contribution in [0.5, 0.6) is 5.88 Å². The molecule has 0 unspecified atom stereocenters. The second-order valence-corrected chi connectivity index (χ2v) is 10.9. The lowest BCUT2D eigenvalue weighted by atomic mass is 10.0. The summed E-state index contributed by atoms with van der Waals surface area (Å²) in [5, 5.41) is 3.76. The summed E-state index contributed by atoms with van der Waals surface area (Å²) in [4.78, 5) is 16.6. The Bertz CT molecular complexity index is 1630. The number of imidazole rings is 1. The molecule has 0 radical (unpaired) electrons. The summed E-state index contributed by atoms with van der Waals surface area (Å²) >= 11 is 5.75. The molecule has 1 atom stereocenters. The number of hydrogen-bond acceptors (Lipinski definition) is 8. The molecule has 1 fully saturated rings. The zero-order valence-corrected chi connectivity index (χ0v) is 23.6. The van der Waals surface area contributed by atoms with E-state index >= 15 is 0 Å². The maximum atomic E-state index is 14.3. The third kappa shape index (κ3) is 5.61. The van der Waals surface area contributed by atoms with Crippen molar-refractivity contribution in [3.05, 3.63) is 81.0 Å². The molecular formula is C29H30ClF2N7O2. The molecule has 0 amide bonds. The number of ether oxygens (including phenoxy) is 2. The second kappa shape index (κ2) is 11.3. The lowest BCUT2D eigenvalue weighted by molar-refractivity contribution is -0.0592. The molecule has 9 nitrogen and oxygen atoms in total. The molecule has 41 heavy (non-hydrogen) atoms. The van der Waals surface area contributed by atoms with Gasteiger partial charge in [0.25, 0.3) is 0 Å². The fraction of sp³-hybridized carbons (Fsp3) is 0.379. The quantitative estimate of drug-likeness (QED) is 0.183. The van der Waals surface area contributed by atoms with E-state index < -0.39 is 11.6 Å². The molecule has 1 aromatic carbocycles. The van der Waals surface area contributed by atoms with E-state index in [4.69, 9.17) is 36.9 Å². The molecule has 12 heteroatoms. The fourth-order valence-electron chi connectivity index (χ4n) is 5.24. The molecule has 214 valence electrons. The summed E-state index contributed by atoms with van der Waals surface area (Å²) in [6.07, 6.45) is 3.80. The number of aryl methyl sites for hydroxylation is 1. The maximum absolute atomic E-state index is 14.3. The zero-order chi connectivity index (χ0) is 28.7. The molecule has 6 rings (SSSR count). The van der Waals surface area contributed by atoms with Crippen LogP contribution in [0, 0.1) is 18.6 Å². The largest absolute Gasteiger partial charge is 0.472 e. The van der Waals surface area contributed by atoms with Crippen LogP contribution < -0.4 is 10.6 Å². The number of fused-ring (bicyclic) bond motifs is 2. The molecule has 0 aliphatic carbocycles. The molecule has 0 saturated carbocycles. The van der Waals surface area contributed by atoms with Gasteiger partial charge < -0.3 is 19.9 Å². The van der Waals surface area contributed by atoms with Crippen LogP contribution in [-0.2, 0) is 37.4 Å². The van der Waals surface area contributed by atoms with Gasteiger partial charge in [0, 0.05) is 30.3 Å². The molecule has 2 N–H and O–H groups in total. The molecule has 4 aromatic rings. The molecule has 0 spiro atoms. The number of benzene rings is 1. The highest BCUT2D eigenvalue weighted by Gasteiger charge is 2.25. The van der Waals surface area contributed by atoms with Crippen LogP contribution in [0.4, 0.5) is 8.78 Å². The highest BCUT2D eigenvalue weighted by molar-refractivity contribution is 6.30.